The molecule has 0 aliphatic rings. The van der Waals surface area contributed by atoms with Crippen LogP contribution in [-0.2, 0) is 6.54 Å². The van der Waals surface area contributed by atoms with Crippen molar-refractivity contribution in [1.29, 1.82) is 0 Å². The van der Waals surface area contributed by atoms with Gasteiger partial charge in [0.25, 0.3) is 0 Å². The molecule has 0 aliphatic carbocycles. The summed E-state index contributed by atoms with van der Waals surface area (Å²) in [7, 11) is 0. The molecular formula is C14H17N5S. The van der Waals surface area contributed by atoms with Crippen LogP contribution in [0.5, 0.6) is 0 Å². The Balaban J connectivity index is 1.84. The van der Waals surface area contributed by atoms with Crippen molar-refractivity contribution in [2.45, 2.75) is 20.4 Å². The molecule has 0 radical (unpaired) electrons. The summed E-state index contributed by atoms with van der Waals surface area (Å²) in [6.07, 6.45) is 0. The Morgan fingerprint density at radius 1 is 1.20 bits per heavy atom. The molecule has 20 heavy (non-hydrogen) atoms. The molecule has 0 unspecified atom stereocenters. The molecule has 5 nitrogen and oxygen atoms in total. The van der Waals surface area contributed by atoms with E-state index in [-0.39, 0.29) is 0 Å². The van der Waals surface area contributed by atoms with Gasteiger partial charge in [-0.2, -0.15) is 9.61 Å². The summed E-state index contributed by atoms with van der Waals surface area (Å²) >= 11 is 1.58. The molecule has 0 atom stereocenters. The molecular weight excluding hydrogens is 270 g/mol. The maximum absolute atomic E-state index is 4.59. The van der Waals surface area contributed by atoms with Crippen LogP contribution < -0.4 is 5.32 Å². The lowest BCUT2D eigenvalue weighted by Crippen LogP contribution is -2.18. The van der Waals surface area contributed by atoms with E-state index in [1.165, 1.54) is 0 Å². The standard InChI is InChI=1S/C14H17N5S/c1-10(2)8-15-9-12-18-19-13(16-17-14(19)20-12)11-6-4-3-5-7-11/h3-7,10,15H,8-9H2,1-2H3. The van der Waals surface area contributed by atoms with Crippen LogP contribution in [0, 0.1) is 5.92 Å². The Hall–Kier alpha value is -1.79. The minimum atomic E-state index is 0.639. The Morgan fingerprint density at radius 2 is 2.00 bits per heavy atom. The van der Waals surface area contributed by atoms with E-state index < -0.39 is 0 Å². The Kier molecular flexibility index (Phi) is 3.75. The maximum Gasteiger partial charge on any atom is 0.235 e. The van der Waals surface area contributed by atoms with Gasteiger partial charge >= 0.3 is 0 Å². The SMILES string of the molecule is CC(C)CNCc1nn2c(-c3ccccc3)nnc2s1. The van der Waals surface area contributed by atoms with E-state index in [4.69, 9.17) is 0 Å². The van der Waals surface area contributed by atoms with Crippen molar-refractivity contribution in [3.8, 4) is 11.4 Å². The summed E-state index contributed by atoms with van der Waals surface area (Å²) in [5.74, 6) is 1.44. The smallest absolute Gasteiger partial charge is 0.235 e. The molecule has 1 aromatic carbocycles. The Bertz CT molecular complexity index is 686. The Morgan fingerprint density at radius 3 is 2.75 bits per heavy atom. The number of nitrogens with zero attached hydrogens (tertiary/aromatic N) is 4. The number of fused-ring (bicyclic) bond motifs is 1. The lowest BCUT2D eigenvalue weighted by Gasteiger charge is -2.04. The van der Waals surface area contributed by atoms with Crippen LogP contribution in [-0.4, -0.2) is 26.4 Å². The van der Waals surface area contributed by atoms with E-state index in [1.807, 2.05) is 34.8 Å². The van der Waals surface area contributed by atoms with Gasteiger partial charge in [-0.15, -0.1) is 10.2 Å². The minimum absolute atomic E-state index is 0.639. The fourth-order valence-electron chi connectivity index (χ4n) is 1.96. The molecule has 0 aliphatic heterocycles. The maximum atomic E-state index is 4.59. The zero-order valence-electron chi connectivity index (χ0n) is 11.6. The van der Waals surface area contributed by atoms with E-state index in [0.717, 1.165) is 34.4 Å². The average molecular weight is 287 g/mol. The molecule has 0 fully saturated rings. The van der Waals surface area contributed by atoms with E-state index >= 15 is 0 Å². The first kappa shape index (κ1) is 13.2. The predicted octanol–water partition coefficient (Wildman–Crippen LogP) is 2.60. The summed E-state index contributed by atoms with van der Waals surface area (Å²) in [5.41, 5.74) is 1.03. The lowest BCUT2D eigenvalue weighted by molar-refractivity contribution is 0.549. The molecule has 2 heterocycles. The highest BCUT2D eigenvalue weighted by Gasteiger charge is 2.12. The molecule has 2 aromatic heterocycles. The van der Waals surface area contributed by atoms with Gasteiger partial charge in [-0.3, -0.25) is 0 Å². The molecule has 0 amide bonds. The van der Waals surface area contributed by atoms with Gasteiger partial charge in [-0.1, -0.05) is 55.5 Å². The zero-order chi connectivity index (χ0) is 13.9. The van der Waals surface area contributed by atoms with E-state index in [2.05, 4.69) is 34.5 Å². The van der Waals surface area contributed by atoms with Gasteiger partial charge in [0.2, 0.25) is 4.96 Å². The average Bonchev–Trinajstić information content (AvgIpc) is 2.99. The van der Waals surface area contributed by atoms with Gasteiger partial charge in [0.1, 0.15) is 5.01 Å². The summed E-state index contributed by atoms with van der Waals surface area (Å²) in [4.78, 5) is 0.838. The second-order valence-corrected chi connectivity index (χ2v) is 6.15. The molecule has 104 valence electrons. The lowest BCUT2D eigenvalue weighted by atomic mass is 10.2. The number of hydrogen-bond donors (Lipinski definition) is 1. The molecule has 3 rings (SSSR count). The first-order valence-electron chi connectivity index (χ1n) is 6.71. The third kappa shape index (κ3) is 2.71. The van der Waals surface area contributed by atoms with Crippen molar-refractivity contribution in [3.05, 3.63) is 35.3 Å². The monoisotopic (exact) mass is 287 g/mol. The van der Waals surface area contributed by atoms with Gasteiger partial charge in [0, 0.05) is 12.1 Å². The highest BCUT2D eigenvalue weighted by Crippen LogP contribution is 2.21. The fourth-order valence-corrected chi connectivity index (χ4v) is 2.77. The normalized spacial score (nSPS) is 11.6. The third-order valence-corrected chi connectivity index (χ3v) is 3.79. The van der Waals surface area contributed by atoms with Crippen LogP contribution in [0.1, 0.15) is 18.9 Å². The van der Waals surface area contributed by atoms with E-state index in [1.54, 1.807) is 11.3 Å². The van der Waals surface area contributed by atoms with Crippen molar-refractivity contribution in [1.82, 2.24) is 25.1 Å². The van der Waals surface area contributed by atoms with Crippen molar-refractivity contribution in [2.75, 3.05) is 6.54 Å². The third-order valence-electron chi connectivity index (χ3n) is 2.89. The topological polar surface area (TPSA) is 55.1 Å². The van der Waals surface area contributed by atoms with Crippen LogP contribution in [0.15, 0.2) is 30.3 Å². The highest BCUT2D eigenvalue weighted by molar-refractivity contribution is 7.16. The van der Waals surface area contributed by atoms with Gasteiger partial charge in [0.05, 0.1) is 0 Å². The van der Waals surface area contributed by atoms with Crippen molar-refractivity contribution >= 4 is 16.3 Å². The number of nitrogens with one attached hydrogen (secondary N) is 1. The minimum Gasteiger partial charge on any atom is -0.310 e. The quantitative estimate of drug-likeness (QED) is 0.783. The molecule has 0 saturated carbocycles. The zero-order valence-corrected chi connectivity index (χ0v) is 12.4. The van der Waals surface area contributed by atoms with Crippen LogP contribution in [0.25, 0.3) is 16.3 Å². The molecule has 0 bridgehead atoms. The predicted molar refractivity (Wildman–Crippen MR) is 80.6 cm³/mol. The van der Waals surface area contributed by atoms with Crippen molar-refractivity contribution in [2.24, 2.45) is 5.92 Å². The number of aromatic nitrogens is 4. The molecule has 0 saturated heterocycles. The van der Waals surface area contributed by atoms with Gasteiger partial charge in [-0.25, -0.2) is 0 Å². The first-order chi connectivity index (χ1) is 9.74. The number of rotatable bonds is 5. The van der Waals surface area contributed by atoms with Crippen LogP contribution >= 0.6 is 11.3 Å². The second kappa shape index (κ2) is 5.68. The second-order valence-electron chi connectivity index (χ2n) is 5.10. The van der Waals surface area contributed by atoms with Gasteiger partial charge in [0.15, 0.2) is 5.82 Å². The van der Waals surface area contributed by atoms with Crippen LogP contribution in [0.3, 0.4) is 0 Å². The highest BCUT2D eigenvalue weighted by atomic mass is 32.1. The summed E-state index contributed by atoms with van der Waals surface area (Å²) in [6, 6.07) is 10.0. The number of benzene rings is 1. The largest absolute Gasteiger partial charge is 0.310 e. The molecule has 3 aromatic rings. The fraction of sp³-hybridized carbons (Fsp3) is 0.357. The number of hydrogen-bond acceptors (Lipinski definition) is 5. The van der Waals surface area contributed by atoms with Crippen LogP contribution in [0.4, 0.5) is 0 Å². The molecule has 6 heteroatoms. The van der Waals surface area contributed by atoms with E-state index in [9.17, 15) is 0 Å². The molecule has 0 spiro atoms. The first-order valence-corrected chi connectivity index (χ1v) is 7.53. The van der Waals surface area contributed by atoms with Crippen LogP contribution in [0.2, 0.25) is 0 Å². The Labute approximate surface area is 121 Å². The van der Waals surface area contributed by atoms with Crippen molar-refractivity contribution in [3.63, 3.8) is 0 Å². The van der Waals surface area contributed by atoms with Gasteiger partial charge in [-0.05, 0) is 12.5 Å². The summed E-state index contributed by atoms with van der Waals surface area (Å²) in [5, 5.41) is 17.4. The van der Waals surface area contributed by atoms with Crippen molar-refractivity contribution < 1.29 is 0 Å². The summed E-state index contributed by atoms with van der Waals surface area (Å²) in [6.45, 7) is 6.16. The molecule has 1 N–H and O–H groups in total. The van der Waals surface area contributed by atoms with E-state index in [0.29, 0.717) is 5.92 Å². The summed E-state index contributed by atoms with van der Waals surface area (Å²) < 4.78 is 1.83. The van der Waals surface area contributed by atoms with Gasteiger partial charge < -0.3 is 5.32 Å².